The maximum absolute atomic E-state index is 11.1. The lowest BCUT2D eigenvalue weighted by molar-refractivity contribution is -0.137. The van der Waals surface area contributed by atoms with Crippen LogP contribution in [0.5, 0.6) is 11.5 Å². The van der Waals surface area contributed by atoms with E-state index in [0.29, 0.717) is 43.6 Å². The third-order valence-corrected chi connectivity index (χ3v) is 4.41. The number of hydrogen-bond acceptors (Lipinski definition) is 5. The largest absolute Gasteiger partial charge is 0.486 e. The predicted molar refractivity (Wildman–Crippen MR) is 96.3 cm³/mol. The van der Waals surface area contributed by atoms with Crippen molar-refractivity contribution in [1.82, 2.24) is 9.55 Å². The Morgan fingerprint density at radius 3 is 2.50 bits per heavy atom. The van der Waals surface area contributed by atoms with Crippen LogP contribution in [0.1, 0.15) is 12.0 Å². The topological polar surface area (TPSA) is 99.6 Å². The first-order chi connectivity index (χ1) is 12.7. The van der Waals surface area contributed by atoms with Crippen molar-refractivity contribution in [2.45, 2.75) is 19.5 Å². The van der Waals surface area contributed by atoms with E-state index in [1.165, 1.54) is 0 Å². The molecule has 0 fully saturated rings. The molecule has 1 aliphatic heterocycles. The number of imidazole rings is 1. The first kappa shape index (κ1) is 16.4. The molecule has 2 aromatic carbocycles. The molecule has 2 heterocycles. The molecule has 0 unspecified atom stereocenters. The van der Waals surface area contributed by atoms with Crippen molar-refractivity contribution in [3.63, 3.8) is 0 Å². The van der Waals surface area contributed by atoms with Gasteiger partial charge in [0, 0.05) is 30.8 Å². The summed E-state index contributed by atoms with van der Waals surface area (Å²) in [4.78, 5) is 15.8. The summed E-state index contributed by atoms with van der Waals surface area (Å²) in [5.41, 5.74) is 9.17. The van der Waals surface area contributed by atoms with E-state index < -0.39 is 5.97 Å². The van der Waals surface area contributed by atoms with Crippen molar-refractivity contribution in [1.29, 1.82) is 0 Å². The zero-order chi connectivity index (χ0) is 18.1. The van der Waals surface area contributed by atoms with Crippen molar-refractivity contribution in [2.24, 2.45) is 5.73 Å². The number of aromatic nitrogens is 2. The van der Waals surface area contributed by atoms with E-state index in [2.05, 4.69) is 0 Å². The Kier molecular flexibility index (Phi) is 4.22. The third kappa shape index (κ3) is 2.97. The molecule has 7 heteroatoms. The van der Waals surface area contributed by atoms with Gasteiger partial charge in [-0.15, -0.1) is 0 Å². The summed E-state index contributed by atoms with van der Waals surface area (Å²) in [6, 6.07) is 11.5. The first-order valence-corrected chi connectivity index (χ1v) is 8.47. The molecule has 0 aliphatic carbocycles. The van der Waals surface area contributed by atoms with E-state index in [1.807, 2.05) is 41.0 Å². The zero-order valence-corrected chi connectivity index (χ0v) is 14.1. The Labute approximate surface area is 150 Å². The molecule has 0 saturated carbocycles. The van der Waals surface area contributed by atoms with Crippen molar-refractivity contribution in [3.8, 4) is 22.9 Å². The number of carboxylic acid groups (broad SMARTS) is 1. The molecule has 4 rings (SSSR count). The Hall–Kier alpha value is -3.06. The van der Waals surface area contributed by atoms with Gasteiger partial charge in [0.1, 0.15) is 19.0 Å². The maximum Gasteiger partial charge on any atom is 0.305 e. The Morgan fingerprint density at radius 2 is 1.85 bits per heavy atom. The van der Waals surface area contributed by atoms with Gasteiger partial charge in [0.25, 0.3) is 0 Å². The predicted octanol–water partition coefficient (Wildman–Crippen LogP) is 2.41. The minimum atomic E-state index is -0.853. The van der Waals surface area contributed by atoms with Gasteiger partial charge in [0.2, 0.25) is 0 Å². The number of carbonyl (C=O) groups is 1. The molecule has 0 amide bonds. The number of ether oxygens (including phenoxy) is 2. The summed E-state index contributed by atoms with van der Waals surface area (Å²) in [7, 11) is 0. The summed E-state index contributed by atoms with van der Waals surface area (Å²) in [5.74, 6) is 1.18. The molecule has 0 saturated heterocycles. The van der Waals surface area contributed by atoms with Crippen LogP contribution in [0.4, 0.5) is 0 Å². The summed E-state index contributed by atoms with van der Waals surface area (Å²) in [5, 5.41) is 9.11. The van der Waals surface area contributed by atoms with Crippen molar-refractivity contribution in [3.05, 3.63) is 42.0 Å². The highest BCUT2D eigenvalue weighted by molar-refractivity contribution is 5.84. The average Bonchev–Trinajstić information content (AvgIpc) is 3.02. The van der Waals surface area contributed by atoms with Crippen LogP contribution in [-0.4, -0.2) is 33.8 Å². The van der Waals surface area contributed by atoms with E-state index in [0.717, 1.165) is 22.2 Å². The molecule has 1 aromatic heterocycles. The van der Waals surface area contributed by atoms with Crippen molar-refractivity contribution >= 4 is 17.0 Å². The molecule has 0 radical (unpaired) electrons. The third-order valence-electron chi connectivity index (χ3n) is 4.41. The average molecular weight is 353 g/mol. The Balaban J connectivity index is 1.86. The van der Waals surface area contributed by atoms with Crippen molar-refractivity contribution < 1.29 is 19.4 Å². The molecular weight excluding hydrogens is 334 g/mol. The minimum absolute atomic E-state index is 0.00772. The van der Waals surface area contributed by atoms with E-state index in [9.17, 15) is 4.79 Å². The number of benzene rings is 2. The lowest BCUT2D eigenvalue weighted by atomic mass is 10.1. The molecule has 1 aliphatic rings. The number of fused-ring (bicyclic) bond motifs is 2. The van der Waals surface area contributed by atoms with E-state index >= 15 is 0 Å². The van der Waals surface area contributed by atoms with E-state index in [1.54, 1.807) is 0 Å². The number of nitrogens with zero attached hydrogens (tertiary/aromatic N) is 2. The van der Waals surface area contributed by atoms with Crippen LogP contribution < -0.4 is 15.2 Å². The Bertz CT molecular complexity index is 963. The van der Waals surface area contributed by atoms with Crippen LogP contribution in [0.25, 0.3) is 22.4 Å². The number of aliphatic carboxylic acids is 1. The lowest BCUT2D eigenvalue weighted by Crippen LogP contribution is -2.15. The fourth-order valence-electron chi connectivity index (χ4n) is 3.11. The molecule has 0 atom stereocenters. The van der Waals surface area contributed by atoms with Gasteiger partial charge in [-0.05, 0) is 5.56 Å². The standard InChI is InChI=1S/C19H19N3O4/c20-11-12-1-3-13(4-2-12)19-21-14-9-16-17(26-8-7-25-16)10-15(14)22(19)6-5-18(23)24/h1-4,9-10H,5-8,11,20H2,(H,23,24). The monoisotopic (exact) mass is 353 g/mol. The van der Waals surface area contributed by atoms with E-state index in [-0.39, 0.29) is 6.42 Å². The van der Waals surface area contributed by atoms with Gasteiger partial charge in [-0.2, -0.15) is 0 Å². The fourth-order valence-corrected chi connectivity index (χ4v) is 3.11. The van der Waals surface area contributed by atoms with Crippen molar-refractivity contribution in [2.75, 3.05) is 13.2 Å². The molecule has 7 nitrogen and oxygen atoms in total. The number of hydrogen-bond donors (Lipinski definition) is 2. The number of aryl methyl sites for hydroxylation is 1. The van der Waals surface area contributed by atoms with Gasteiger partial charge in [0.05, 0.1) is 17.5 Å². The molecule has 0 spiro atoms. The summed E-state index contributed by atoms with van der Waals surface area (Å²) in [6.07, 6.45) is 0.00772. The van der Waals surface area contributed by atoms with Crippen LogP contribution in [0.2, 0.25) is 0 Å². The molecular formula is C19H19N3O4. The molecule has 3 aromatic rings. The quantitative estimate of drug-likeness (QED) is 0.731. The summed E-state index contributed by atoms with van der Waals surface area (Å²) < 4.78 is 13.2. The fraction of sp³-hybridized carbons (Fsp3) is 0.263. The van der Waals surface area contributed by atoms with Gasteiger partial charge >= 0.3 is 5.97 Å². The minimum Gasteiger partial charge on any atom is -0.486 e. The highest BCUT2D eigenvalue weighted by atomic mass is 16.6. The number of rotatable bonds is 5. The maximum atomic E-state index is 11.1. The van der Waals surface area contributed by atoms with Gasteiger partial charge < -0.3 is 24.9 Å². The molecule has 0 bridgehead atoms. The summed E-state index contributed by atoms with van der Waals surface area (Å²) >= 11 is 0. The highest BCUT2D eigenvalue weighted by Gasteiger charge is 2.19. The second-order valence-corrected chi connectivity index (χ2v) is 6.12. The molecule has 134 valence electrons. The van der Waals surface area contributed by atoms with Crippen LogP contribution in [-0.2, 0) is 17.9 Å². The molecule has 26 heavy (non-hydrogen) atoms. The smallest absolute Gasteiger partial charge is 0.305 e. The lowest BCUT2D eigenvalue weighted by Gasteiger charge is -2.18. The van der Waals surface area contributed by atoms with Crippen LogP contribution in [0.3, 0.4) is 0 Å². The van der Waals surface area contributed by atoms with Gasteiger partial charge in [-0.3, -0.25) is 4.79 Å². The van der Waals surface area contributed by atoms with Gasteiger partial charge in [-0.25, -0.2) is 4.98 Å². The van der Waals surface area contributed by atoms with Crippen LogP contribution in [0, 0.1) is 0 Å². The first-order valence-electron chi connectivity index (χ1n) is 8.47. The number of nitrogens with two attached hydrogens (primary N) is 1. The number of carboxylic acids is 1. The Morgan fingerprint density at radius 1 is 1.15 bits per heavy atom. The highest BCUT2D eigenvalue weighted by Crippen LogP contribution is 2.36. The van der Waals surface area contributed by atoms with E-state index in [4.69, 9.17) is 25.3 Å². The van der Waals surface area contributed by atoms with Gasteiger partial charge in [0.15, 0.2) is 11.5 Å². The van der Waals surface area contributed by atoms with Crippen LogP contribution in [0.15, 0.2) is 36.4 Å². The van der Waals surface area contributed by atoms with Crippen LogP contribution >= 0.6 is 0 Å². The normalized spacial score (nSPS) is 13.1. The molecule has 3 N–H and O–H groups in total. The summed E-state index contributed by atoms with van der Waals surface area (Å²) in [6.45, 7) is 1.79. The SMILES string of the molecule is NCc1ccc(-c2nc3cc4c(cc3n2CCC(=O)O)OCCO4)cc1. The van der Waals surface area contributed by atoms with Gasteiger partial charge in [-0.1, -0.05) is 24.3 Å². The second-order valence-electron chi connectivity index (χ2n) is 6.12. The zero-order valence-electron chi connectivity index (χ0n) is 14.1. The second kappa shape index (κ2) is 6.68.